The highest BCUT2D eigenvalue weighted by atomic mass is 35.5. The molecule has 2 aromatic rings. The Labute approximate surface area is 183 Å². The zero-order valence-electron chi connectivity index (χ0n) is 17.2. The molecule has 2 fully saturated rings. The minimum atomic E-state index is -3.56. The molecule has 0 aromatic heterocycles. The number of hydrogen-bond donors (Lipinski definition) is 1. The van der Waals surface area contributed by atoms with Crippen LogP contribution in [0.3, 0.4) is 0 Å². The first-order chi connectivity index (χ1) is 14.4. The number of sulfonamides is 1. The Hall–Kier alpha value is -1.80. The number of methoxy groups -OCH3 is 2. The molecule has 8 heteroatoms. The van der Waals surface area contributed by atoms with Crippen molar-refractivity contribution in [1.82, 2.24) is 9.62 Å². The number of rotatable bonds is 7. The molecule has 2 aromatic carbocycles. The Balaban J connectivity index is 1.46. The van der Waals surface area contributed by atoms with Crippen LogP contribution in [-0.2, 0) is 16.6 Å². The Morgan fingerprint density at radius 3 is 2.30 bits per heavy atom. The Bertz CT molecular complexity index is 983. The van der Waals surface area contributed by atoms with Crippen LogP contribution in [0, 0.1) is 0 Å². The van der Waals surface area contributed by atoms with E-state index in [9.17, 15) is 8.42 Å². The van der Waals surface area contributed by atoms with Gasteiger partial charge in [0.05, 0.1) is 19.1 Å². The predicted molar refractivity (Wildman–Crippen MR) is 117 cm³/mol. The van der Waals surface area contributed by atoms with E-state index in [2.05, 4.69) is 9.62 Å². The second-order valence-electron chi connectivity index (χ2n) is 7.98. The van der Waals surface area contributed by atoms with Crippen LogP contribution in [0.15, 0.2) is 47.4 Å². The lowest BCUT2D eigenvalue weighted by atomic mass is 9.97. The Kier molecular flexibility index (Phi) is 6.25. The lowest BCUT2D eigenvalue weighted by Crippen LogP contribution is -2.49. The van der Waals surface area contributed by atoms with Crippen LogP contribution in [0.4, 0.5) is 0 Å². The number of ether oxygens (including phenoxy) is 2. The van der Waals surface area contributed by atoms with Gasteiger partial charge in [0.2, 0.25) is 10.0 Å². The molecule has 2 heterocycles. The van der Waals surface area contributed by atoms with Crippen molar-refractivity contribution >= 4 is 21.6 Å². The van der Waals surface area contributed by atoms with Crippen molar-refractivity contribution in [3.63, 3.8) is 0 Å². The molecule has 1 N–H and O–H groups in total. The molecule has 0 aliphatic carbocycles. The topological polar surface area (TPSA) is 67.9 Å². The molecular formula is C22H27ClN2O4S. The lowest BCUT2D eigenvalue weighted by molar-refractivity contribution is 0.114. The molecule has 2 unspecified atom stereocenters. The normalized spacial score (nSPS) is 24.0. The van der Waals surface area contributed by atoms with Gasteiger partial charge in [0, 0.05) is 35.3 Å². The van der Waals surface area contributed by atoms with Crippen LogP contribution >= 0.6 is 11.6 Å². The highest BCUT2D eigenvalue weighted by Crippen LogP contribution is 2.39. The van der Waals surface area contributed by atoms with E-state index in [1.54, 1.807) is 38.5 Å². The average molecular weight is 451 g/mol. The highest BCUT2D eigenvalue weighted by Gasteiger charge is 2.42. The van der Waals surface area contributed by atoms with Gasteiger partial charge in [-0.3, -0.25) is 4.90 Å². The summed E-state index contributed by atoms with van der Waals surface area (Å²) in [5.74, 6) is 1.66. The summed E-state index contributed by atoms with van der Waals surface area (Å²) in [4.78, 5) is 2.74. The van der Waals surface area contributed by atoms with Gasteiger partial charge in [0.15, 0.2) is 0 Å². The average Bonchev–Trinajstić information content (AvgIpc) is 2.96. The van der Waals surface area contributed by atoms with Crippen LogP contribution in [-0.4, -0.2) is 45.7 Å². The molecular weight excluding hydrogens is 424 g/mol. The molecule has 30 heavy (non-hydrogen) atoms. The molecule has 2 saturated heterocycles. The summed E-state index contributed by atoms with van der Waals surface area (Å²) in [6, 6.07) is 12.8. The third kappa shape index (κ3) is 4.44. The second-order valence-corrected chi connectivity index (χ2v) is 10.1. The molecule has 2 atom stereocenters. The Morgan fingerprint density at radius 1 is 1.03 bits per heavy atom. The Morgan fingerprint density at radius 2 is 1.70 bits per heavy atom. The number of halogens is 1. The van der Waals surface area contributed by atoms with Crippen molar-refractivity contribution in [2.45, 2.75) is 55.2 Å². The smallest absolute Gasteiger partial charge is 0.240 e. The summed E-state index contributed by atoms with van der Waals surface area (Å²) in [6.45, 7) is 0.770. The molecule has 0 saturated carbocycles. The van der Waals surface area contributed by atoms with Gasteiger partial charge in [-0.2, -0.15) is 0 Å². The zero-order valence-corrected chi connectivity index (χ0v) is 18.7. The molecule has 0 spiro atoms. The van der Waals surface area contributed by atoms with E-state index < -0.39 is 10.0 Å². The van der Waals surface area contributed by atoms with Crippen LogP contribution in [0.25, 0.3) is 0 Å². The molecule has 2 aliphatic rings. The molecule has 2 bridgehead atoms. The minimum absolute atomic E-state index is 0.0633. The largest absolute Gasteiger partial charge is 0.497 e. The number of hydrogen-bond acceptors (Lipinski definition) is 5. The quantitative estimate of drug-likeness (QED) is 0.694. The minimum Gasteiger partial charge on any atom is -0.497 e. The van der Waals surface area contributed by atoms with Gasteiger partial charge >= 0.3 is 0 Å². The van der Waals surface area contributed by atoms with Gasteiger partial charge in [0.25, 0.3) is 0 Å². The van der Waals surface area contributed by atoms with Crippen LogP contribution < -0.4 is 14.2 Å². The highest BCUT2D eigenvalue weighted by molar-refractivity contribution is 7.89. The zero-order chi connectivity index (χ0) is 21.3. The summed E-state index contributed by atoms with van der Waals surface area (Å²) < 4.78 is 39.4. The first kappa shape index (κ1) is 21.4. The van der Waals surface area contributed by atoms with Gasteiger partial charge in [-0.15, -0.1) is 0 Å². The van der Waals surface area contributed by atoms with Crippen molar-refractivity contribution in [2.24, 2.45) is 0 Å². The molecule has 0 amide bonds. The van der Waals surface area contributed by atoms with E-state index in [0.29, 0.717) is 17.1 Å². The summed E-state index contributed by atoms with van der Waals surface area (Å²) in [7, 11) is -0.217. The van der Waals surface area contributed by atoms with Crippen molar-refractivity contribution in [3.05, 3.63) is 53.1 Å². The maximum absolute atomic E-state index is 12.8. The van der Waals surface area contributed by atoms with Crippen LogP contribution in [0.2, 0.25) is 5.02 Å². The van der Waals surface area contributed by atoms with E-state index in [1.165, 1.54) is 0 Å². The van der Waals surface area contributed by atoms with E-state index in [0.717, 1.165) is 49.3 Å². The second kappa shape index (κ2) is 8.75. The fourth-order valence-electron chi connectivity index (χ4n) is 4.73. The molecule has 162 valence electrons. The number of nitrogens with one attached hydrogen (secondary N) is 1. The van der Waals surface area contributed by atoms with Gasteiger partial charge in [0.1, 0.15) is 11.5 Å². The van der Waals surface area contributed by atoms with E-state index in [-0.39, 0.29) is 10.9 Å². The van der Waals surface area contributed by atoms with Crippen molar-refractivity contribution in [1.29, 1.82) is 0 Å². The van der Waals surface area contributed by atoms with Gasteiger partial charge in [-0.05, 0) is 68.1 Å². The standard InChI is InChI=1S/C22H27ClN2O4S/c1-28-20-7-10-22(29-2)15(11-20)14-25-18-5-6-19(25)13-17(12-18)24-30(26,27)21-8-3-16(23)4-9-21/h3-4,7-11,17-19,24H,5-6,12-14H2,1-2H3. The summed E-state index contributed by atoms with van der Waals surface area (Å²) in [6.07, 6.45) is 3.76. The van der Waals surface area contributed by atoms with Crippen molar-refractivity contribution < 1.29 is 17.9 Å². The fraction of sp³-hybridized carbons (Fsp3) is 0.455. The number of fused-ring (bicyclic) bond motifs is 2. The number of piperidine rings is 1. The molecule has 6 nitrogen and oxygen atoms in total. The summed E-state index contributed by atoms with van der Waals surface area (Å²) >= 11 is 5.89. The van der Waals surface area contributed by atoms with Gasteiger partial charge < -0.3 is 9.47 Å². The molecule has 0 radical (unpaired) electrons. The van der Waals surface area contributed by atoms with Crippen molar-refractivity contribution in [3.8, 4) is 11.5 Å². The van der Waals surface area contributed by atoms with Crippen LogP contribution in [0.1, 0.15) is 31.2 Å². The number of benzene rings is 2. The SMILES string of the molecule is COc1ccc(OC)c(CN2C3CCC2CC(NS(=O)(=O)c2ccc(Cl)cc2)C3)c1. The lowest BCUT2D eigenvalue weighted by Gasteiger charge is -2.39. The third-order valence-corrected chi connectivity index (χ3v) is 7.96. The van der Waals surface area contributed by atoms with Crippen LogP contribution in [0.5, 0.6) is 11.5 Å². The predicted octanol–water partition coefficient (Wildman–Crippen LogP) is 3.83. The molecule has 4 rings (SSSR count). The summed E-state index contributed by atoms with van der Waals surface area (Å²) in [5, 5.41) is 0.522. The molecule has 2 aliphatic heterocycles. The van der Waals surface area contributed by atoms with Gasteiger partial charge in [-0.25, -0.2) is 13.1 Å². The van der Waals surface area contributed by atoms with E-state index in [1.807, 2.05) is 18.2 Å². The summed E-state index contributed by atoms with van der Waals surface area (Å²) in [5.41, 5.74) is 1.09. The first-order valence-corrected chi connectivity index (χ1v) is 12.0. The number of nitrogens with zero attached hydrogens (tertiary/aromatic N) is 1. The van der Waals surface area contributed by atoms with E-state index >= 15 is 0 Å². The van der Waals surface area contributed by atoms with E-state index in [4.69, 9.17) is 21.1 Å². The monoisotopic (exact) mass is 450 g/mol. The third-order valence-electron chi connectivity index (χ3n) is 6.17. The maximum Gasteiger partial charge on any atom is 0.240 e. The fourth-order valence-corrected chi connectivity index (χ4v) is 6.12. The van der Waals surface area contributed by atoms with Gasteiger partial charge in [-0.1, -0.05) is 11.6 Å². The maximum atomic E-state index is 12.8. The first-order valence-electron chi connectivity index (χ1n) is 10.1. The van der Waals surface area contributed by atoms with Crippen molar-refractivity contribution in [2.75, 3.05) is 14.2 Å².